The quantitative estimate of drug-likeness (QED) is 0.841. The number of nitrogen functional groups attached to an aromatic ring is 1. The number of hydrogen-bond acceptors (Lipinski definition) is 6. The van der Waals surface area contributed by atoms with E-state index in [2.05, 4.69) is 15.5 Å². The SMILES string of the molecule is COc1cc(-c2nnnn2CC2CCCO2)ccc1N. The van der Waals surface area contributed by atoms with Crippen molar-refractivity contribution in [2.24, 2.45) is 0 Å². The fourth-order valence-electron chi connectivity index (χ4n) is 2.37. The van der Waals surface area contributed by atoms with Crippen LogP contribution in [-0.2, 0) is 11.3 Å². The van der Waals surface area contributed by atoms with Crippen molar-refractivity contribution in [3.05, 3.63) is 18.2 Å². The largest absolute Gasteiger partial charge is 0.495 e. The number of anilines is 1. The molecule has 0 radical (unpaired) electrons. The molecule has 2 heterocycles. The summed E-state index contributed by atoms with van der Waals surface area (Å²) < 4.78 is 12.6. The summed E-state index contributed by atoms with van der Waals surface area (Å²) in [6.07, 6.45) is 2.33. The Balaban J connectivity index is 1.88. The number of ether oxygens (including phenoxy) is 2. The lowest BCUT2D eigenvalue weighted by Crippen LogP contribution is -2.17. The highest BCUT2D eigenvalue weighted by atomic mass is 16.5. The second kappa shape index (κ2) is 5.46. The maximum absolute atomic E-state index is 5.82. The Labute approximate surface area is 116 Å². The lowest BCUT2D eigenvalue weighted by Gasteiger charge is -2.11. The van der Waals surface area contributed by atoms with Gasteiger partial charge < -0.3 is 15.2 Å². The standard InChI is InChI=1S/C13H17N5O2/c1-19-12-7-9(4-5-11(12)14)13-15-16-17-18(13)8-10-3-2-6-20-10/h4-5,7,10H,2-3,6,8,14H2,1H3. The second-order valence-corrected chi connectivity index (χ2v) is 4.78. The number of nitrogens with zero attached hydrogens (tertiary/aromatic N) is 4. The first-order valence-electron chi connectivity index (χ1n) is 6.59. The first kappa shape index (κ1) is 12.9. The summed E-state index contributed by atoms with van der Waals surface area (Å²) in [5.41, 5.74) is 7.29. The third kappa shape index (κ3) is 2.44. The van der Waals surface area contributed by atoms with E-state index in [0.29, 0.717) is 23.8 Å². The van der Waals surface area contributed by atoms with E-state index in [1.54, 1.807) is 17.9 Å². The molecule has 1 unspecified atom stereocenters. The zero-order valence-electron chi connectivity index (χ0n) is 11.3. The van der Waals surface area contributed by atoms with Crippen LogP contribution < -0.4 is 10.5 Å². The molecular weight excluding hydrogens is 258 g/mol. The monoisotopic (exact) mass is 275 g/mol. The zero-order chi connectivity index (χ0) is 13.9. The van der Waals surface area contributed by atoms with Crippen LogP contribution in [0.5, 0.6) is 5.75 Å². The van der Waals surface area contributed by atoms with Crippen molar-refractivity contribution in [3.63, 3.8) is 0 Å². The van der Waals surface area contributed by atoms with Crippen LogP contribution in [0.2, 0.25) is 0 Å². The molecule has 0 saturated carbocycles. The van der Waals surface area contributed by atoms with E-state index in [1.165, 1.54) is 0 Å². The van der Waals surface area contributed by atoms with Crippen molar-refractivity contribution in [3.8, 4) is 17.1 Å². The predicted molar refractivity (Wildman–Crippen MR) is 73.2 cm³/mol. The van der Waals surface area contributed by atoms with Gasteiger partial charge in [-0.25, -0.2) is 4.68 Å². The summed E-state index contributed by atoms with van der Waals surface area (Å²) in [5, 5.41) is 11.9. The molecule has 1 aromatic carbocycles. The predicted octanol–water partition coefficient (Wildman–Crippen LogP) is 1.11. The number of hydrogen-bond donors (Lipinski definition) is 1. The molecule has 2 aromatic rings. The topological polar surface area (TPSA) is 88.1 Å². The maximum Gasteiger partial charge on any atom is 0.182 e. The Morgan fingerprint density at radius 2 is 2.40 bits per heavy atom. The van der Waals surface area contributed by atoms with Crippen LogP contribution in [0.1, 0.15) is 12.8 Å². The van der Waals surface area contributed by atoms with Crippen molar-refractivity contribution >= 4 is 5.69 Å². The highest BCUT2D eigenvalue weighted by molar-refractivity contribution is 5.65. The molecule has 0 aliphatic carbocycles. The van der Waals surface area contributed by atoms with Crippen LogP contribution in [0.25, 0.3) is 11.4 Å². The fourth-order valence-corrected chi connectivity index (χ4v) is 2.37. The van der Waals surface area contributed by atoms with Crippen molar-refractivity contribution in [1.82, 2.24) is 20.2 Å². The minimum Gasteiger partial charge on any atom is -0.495 e. The van der Waals surface area contributed by atoms with Crippen LogP contribution in [-0.4, -0.2) is 40.0 Å². The van der Waals surface area contributed by atoms with Gasteiger partial charge in [0, 0.05) is 12.2 Å². The molecule has 1 atom stereocenters. The lowest BCUT2D eigenvalue weighted by atomic mass is 10.1. The zero-order valence-corrected chi connectivity index (χ0v) is 11.3. The van der Waals surface area contributed by atoms with Crippen LogP contribution in [0.3, 0.4) is 0 Å². The van der Waals surface area contributed by atoms with E-state index in [9.17, 15) is 0 Å². The molecule has 1 saturated heterocycles. The Morgan fingerprint density at radius 1 is 1.50 bits per heavy atom. The van der Waals surface area contributed by atoms with E-state index < -0.39 is 0 Å². The van der Waals surface area contributed by atoms with E-state index >= 15 is 0 Å². The van der Waals surface area contributed by atoms with Gasteiger partial charge in [0.1, 0.15) is 5.75 Å². The number of tetrazole rings is 1. The Bertz CT molecular complexity index is 592. The molecule has 7 heteroatoms. The molecule has 0 amide bonds. The van der Waals surface area contributed by atoms with Gasteiger partial charge in [-0.2, -0.15) is 0 Å². The number of benzene rings is 1. The molecule has 1 aromatic heterocycles. The van der Waals surface area contributed by atoms with Gasteiger partial charge in [0.25, 0.3) is 0 Å². The molecule has 0 bridgehead atoms. The number of nitrogens with two attached hydrogens (primary N) is 1. The lowest BCUT2D eigenvalue weighted by molar-refractivity contribution is 0.0939. The highest BCUT2D eigenvalue weighted by Crippen LogP contribution is 2.27. The van der Waals surface area contributed by atoms with Gasteiger partial charge in [-0.15, -0.1) is 5.10 Å². The third-order valence-corrected chi connectivity index (χ3v) is 3.42. The van der Waals surface area contributed by atoms with Crippen molar-refractivity contribution in [1.29, 1.82) is 0 Å². The number of rotatable bonds is 4. The molecule has 3 rings (SSSR count). The summed E-state index contributed by atoms with van der Waals surface area (Å²) in [6, 6.07) is 5.52. The van der Waals surface area contributed by atoms with Gasteiger partial charge >= 0.3 is 0 Å². The van der Waals surface area contributed by atoms with E-state index in [4.69, 9.17) is 15.2 Å². The number of methoxy groups -OCH3 is 1. The van der Waals surface area contributed by atoms with Crippen LogP contribution in [0, 0.1) is 0 Å². The van der Waals surface area contributed by atoms with Crippen LogP contribution in [0.15, 0.2) is 18.2 Å². The van der Waals surface area contributed by atoms with Gasteiger partial charge in [-0.05, 0) is 41.5 Å². The first-order valence-corrected chi connectivity index (χ1v) is 6.59. The van der Waals surface area contributed by atoms with Crippen molar-refractivity contribution < 1.29 is 9.47 Å². The molecule has 1 aliphatic heterocycles. The first-order chi connectivity index (χ1) is 9.78. The minimum atomic E-state index is 0.188. The molecule has 1 fully saturated rings. The normalized spacial score (nSPS) is 18.4. The second-order valence-electron chi connectivity index (χ2n) is 4.78. The number of aromatic nitrogens is 4. The van der Waals surface area contributed by atoms with E-state index in [1.807, 2.05) is 12.1 Å². The smallest absolute Gasteiger partial charge is 0.182 e. The van der Waals surface area contributed by atoms with Gasteiger partial charge in [0.15, 0.2) is 5.82 Å². The summed E-state index contributed by atoms with van der Waals surface area (Å²) in [7, 11) is 1.59. The molecule has 2 N–H and O–H groups in total. The summed E-state index contributed by atoms with van der Waals surface area (Å²) >= 11 is 0. The average molecular weight is 275 g/mol. The average Bonchev–Trinajstić information content (AvgIpc) is 3.12. The third-order valence-electron chi connectivity index (χ3n) is 3.42. The van der Waals surface area contributed by atoms with E-state index in [0.717, 1.165) is 25.0 Å². The fraction of sp³-hybridized carbons (Fsp3) is 0.462. The van der Waals surface area contributed by atoms with Gasteiger partial charge in [0.2, 0.25) is 0 Å². The molecule has 1 aliphatic rings. The van der Waals surface area contributed by atoms with Gasteiger partial charge in [-0.3, -0.25) is 0 Å². The van der Waals surface area contributed by atoms with Crippen LogP contribution >= 0.6 is 0 Å². The Morgan fingerprint density at radius 3 is 3.15 bits per heavy atom. The maximum atomic E-state index is 5.82. The van der Waals surface area contributed by atoms with E-state index in [-0.39, 0.29) is 6.10 Å². The van der Waals surface area contributed by atoms with Crippen molar-refractivity contribution in [2.75, 3.05) is 19.5 Å². The van der Waals surface area contributed by atoms with Gasteiger partial charge in [-0.1, -0.05) is 0 Å². The molecule has 106 valence electrons. The molecule has 0 spiro atoms. The Hall–Kier alpha value is -2.15. The van der Waals surface area contributed by atoms with Gasteiger partial charge in [0.05, 0.1) is 25.4 Å². The molecule has 7 nitrogen and oxygen atoms in total. The van der Waals surface area contributed by atoms with Crippen LogP contribution in [0.4, 0.5) is 5.69 Å². The van der Waals surface area contributed by atoms with Crippen molar-refractivity contribution in [2.45, 2.75) is 25.5 Å². The molecule has 20 heavy (non-hydrogen) atoms. The summed E-state index contributed by atoms with van der Waals surface area (Å²) in [4.78, 5) is 0. The minimum absolute atomic E-state index is 0.188. The summed E-state index contributed by atoms with van der Waals surface area (Å²) in [6.45, 7) is 1.48. The Kier molecular flexibility index (Phi) is 3.51. The molecular formula is C13H17N5O2. The summed E-state index contributed by atoms with van der Waals surface area (Å²) in [5.74, 6) is 1.31. The highest BCUT2D eigenvalue weighted by Gasteiger charge is 2.19.